The third-order valence-electron chi connectivity index (χ3n) is 3.28. The van der Waals surface area contributed by atoms with Crippen LogP contribution in [0.15, 0.2) is 47.4 Å². The number of fused-ring (bicyclic) bond motifs is 1. The minimum Gasteiger partial charge on any atom is -0.294 e. The number of nitrogens with one attached hydrogen (secondary N) is 1. The summed E-state index contributed by atoms with van der Waals surface area (Å²) in [6.45, 7) is 0. The van der Waals surface area contributed by atoms with Gasteiger partial charge in [0, 0.05) is 27.7 Å². The molecular formula is C15H13INO2S+. The van der Waals surface area contributed by atoms with E-state index in [4.69, 9.17) is 0 Å². The fourth-order valence-electron chi connectivity index (χ4n) is 2.25. The molecule has 0 heterocycles. The Balaban J connectivity index is 1.78. The van der Waals surface area contributed by atoms with Gasteiger partial charge < -0.3 is 0 Å². The first-order valence-corrected chi connectivity index (χ1v) is 8.51. The van der Waals surface area contributed by atoms with E-state index in [0.717, 1.165) is 31.7 Å². The summed E-state index contributed by atoms with van der Waals surface area (Å²) in [6.07, 6.45) is 1.40. The summed E-state index contributed by atoms with van der Waals surface area (Å²) in [5.74, 6) is 0.215. The normalized spacial score (nSPS) is 15.0. The molecule has 1 atom stereocenters. The minimum absolute atomic E-state index is 0.215. The Labute approximate surface area is 134 Å². The number of hydrogen-bond acceptors (Lipinski definition) is 3. The second-order valence-electron chi connectivity index (χ2n) is 4.64. The van der Waals surface area contributed by atoms with E-state index in [1.54, 1.807) is 0 Å². The molecule has 0 aliphatic heterocycles. The van der Waals surface area contributed by atoms with Crippen LogP contribution in [0.1, 0.15) is 22.3 Å². The van der Waals surface area contributed by atoms with E-state index in [0.29, 0.717) is 6.42 Å². The van der Waals surface area contributed by atoms with Gasteiger partial charge in [0.15, 0.2) is 5.78 Å². The van der Waals surface area contributed by atoms with Crippen LogP contribution in [0.2, 0.25) is 0 Å². The molecule has 0 saturated heterocycles. The maximum atomic E-state index is 11.6. The SMILES string of the molecule is O=C1CCc2cc(N[S+](O)c3ccc(I)cc3)ccc21. The van der Waals surface area contributed by atoms with Crippen molar-refractivity contribution in [2.24, 2.45) is 0 Å². The van der Waals surface area contributed by atoms with Crippen LogP contribution >= 0.6 is 22.6 Å². The highest BCUT2D eigenvalue weighted by molar-refractivity contribution is 14.1. The smallest absolute Gasteiger partial charge is 0.294 e. The van der Waals surface area contributed by atoms with Crippen molar-refractivity contribution in [1.29, 1.82) is 0 Å². The van der Waals surface area contributed by atoms with E-state index in [1.807, 2.05) is 42.5 Å². The lowest BCUT2D eigenvalue weighted by molar-refractivity contribution is 0.0994. The molecule has 3 rings (SSSR count). The summed E-state index contributed by atoms with van der Waals surface area (Å²) < 4.78 is 14.4. The molecule has 0 bridgehead atoms. The molecule has 3 nitrogen and oxygen atoms in total. The summed E-state index contributed by atoms with van der Waals surface area (Å²) >= 11 is 1.20. The number of carbonyl (C=O) groups is 1. The van der Waals surface area contributed by atoms with Crippen LogP contribution in [0.3, 0.4) is 0 Å². The summed E-state index contributed by atoms with van der Waals surface area (Å²) in [4.78, 5) is 12.4. The first-order chi connectivity index (χ1) is 9.63. The van der Waals surface area contributed by atoms with Crippen LogP contribution in [0.4, 0.5) is 5.69 Å². The van der Waals surface area contributed by atoms with Crippen molar-refractivity contribution in [2.45, 2.75) is 17.7 Å². The van der Waals surface area contributed by atoms with Crippen LogP contribution in [-0.2, 0) is 17.8 Å². The highest BCUT2D eigenvalue weighted by Crippen LogP contribution is 2.26. The molecule has 0 radical (unpaired) electrons. The van der Waals surface area contributed by atoms with Gasteiger partial charge in [-0.2, -0.15) is 9.27 Å². The Kier molecular flexibility index (Phi) is 4.00. The van der Waals surface area contributed by atoms with Crippen molar-refractivity contribution in [3.63, 3.8) is 0 Å². The van der Waals surface area contributed by atoms with Gasteiger partial charge >= 0.3 is 11.4 Å². The number of hydrogen-bond donors (Lipinski definition) is 2. The van der Waals surface area contributed by atoms with E-state index in [9.17, 15) is 9.35 Å². The number of carbonyl (C=O) groups excluding carboxylic acids is 1. The van der Waals surface area contributed by atoms with Gasteiger partial charge in [-0.05, 0) is 64.9 Å². The van der Waals surface area contributed by atoms with Gasteiger partial charge in [0.2, 0.25) is 4.90 Å². The first-order valence-electron chi connectivity index (χ1n) is 6.25. The second kappa shape index (κ2) is 5.75. The van der Waals surface area contributed by atoms with Crippen LogP contribution in [0.25, 0.3) is 0 Å². The summed E-state index contributed by atoms with van der Waals surface area (Å²) in [5, 5.41) is 0. The molecule has 20 heavy (non-hydrogen) atoms. The van der Waals surface area contributed by atoms with Gasteiger partial charge in [-0.3, -0.25) is 4.79 Å². The maximum absolute atomic E-state index is 11.6. The van der Waals surface area contributed by atoms with Crippen molar-refractivity contribution in [3.05, 3.63) is 57.2 Å². The monoisotopic (exact) mass is 398 g/mol. The van der Waals surface area contributed by atoms with E-state index >= 15 is 0 Å². The summed E-state index contributed by atoms with van der Waals surface area (Å²) in [6, 6.07) is 13.4. The van der Waals surface area contributed by atoms with E-state index in [1.165, 1.54) is 0 Å². The molecule has 2 aromatic carbocycles. The molecular weight excluding hydrogens is 385 g/mol. The second-order valence-corrected chi connectivity index (χ2v) is 7.13. The topological polar surface area (TPSA) is 49.3 Å². The average Bonchev–Trinajstić information content (AvgIpc) is 2.81. The number of ketones is 1. The third-order valence-corrected chi connectivity index (χ3v) is 5.15. The molecule has 2 aromatic rings. The van der Waals surface area contributed by atoms with Crippen molar-refractivity contribution in [3.8, 4) is 0 Å². The lowest BCUT2D eigenvalue weighted by atomic mass is 10.1. The van der Waals surface area contributed by atoms with Gasteiger partial charge in [0.05, 0.1) is 5.69 Å². The Morgan fingerprint density at radius 2 is 1.85 bits per heavy atom. The molecule has 0 amide bonds. The quantitative estimate of drug-likeness (QED) is 0.609. The highest BCUT2D eigenvalue weighted by Gasteiger charge is 2.23. The van der Waals surface area contributed by atoms with Crippen LogP contribution < -0.4 is 4.72 Å². The van der Waals surface area contributed by atoms with E-state index in [2.05, 4.69) is 27.3 Å². The average molecular weight is 398 g/mol. The molecule has 0 saturated carbocycles. The highest BCUT2D eigenvalue weighted by atomic mass is 127. The molecule has 1 aliphatic rings. The van der Waals surface area contributed by atoms with Crippen molar-refractivity contribution < 1.29 is 9.35 Å². The first kappa shape index (κ1) is 13.9. The van der Waals surface area contributed by atoms with Crippen molar-refractivity contribution >= 4 is 45.4 Å². The zero-order valence-electron chi connectivity index (χ0n) is 10.6. The van der Waals surface area contributed by atoms with Gasteiger partial charge in [-0.15, -0.1) is 0 Å². The van der Waals surface area contributed by atoms with Crippen molar-refractivity contribution in [1.82, 2.24) is 0 Å². The molecule has 2 N–H and O–H groups in total. The number of Topliss-reactive ketones (excluding diaryl/α,β-unsaturated/α-hetero) is 1. The van der Waals surface area contributed by atoms with Crippen LogP contribution in [-0.4, -0.2) is 10.3 Å². The number of rotatable bonds is 3. The lowest BCUT2D eigenvalue weighted by Crippen LogP contribution is -2.12. The van der Waals surface area contributed by atoms with E-state index in [-0.39, 0.29) is 5.78 Å². The lowest BCUT2D eigenvalue weighted by Gasteiger charge is -2.04. The fraction of sp³-hybridized carbons (Fsp3) is 0.133. The van der Waals surface area contributed by atoms with Crippen LogP contribution in [0, 0.1) is 3.57 Å². The molecule has 5 heteroatoms. The Bertz CT molecular complexity index is 657. The maximum Gasteiger partial charge on any atom is 0.303 e. The van der Waals surface area contributed by atoms with Gasteiger partial charge in [-0.1, -0.05) is 0 Å². The summed E-state index contributed by atoms with van der Waals surface area (Å²) in [7, 11) is 0. The van der Waals surface area contributed by atoms with Crippen LogP contribution in [0.5, 0.6) is 0 Å². The summed E-state index contributed by atoms with van der Waals surface area (Å²) in [5.41, 5.74) is 2.74. The molecule has 0 spiro atoms. The Hall–Kier alpha value is -1.05. The number of benzene rings is 2. The predicted octanol–water partition coefficient (Wildman–Crippen LogP) is 3.90. The number of aryl methyl sites for hydroxylation is 1. The number of halogens is 1. The number of anilines is 1. The minimum atomic E-state index is -1.04. The van der Waals surface area contributed by atoms with E-state index < -0.39 is 11.4 Å². The molecule has 102 valence electrons. The molecule has 0 aromatic heterocycles. The largest absolute Gasteiger partial charge is 0.303 e. The molecule has 0 fully saturated rings. The van der Waals surface area contributed by atoms with Gasteiger partial charge in [-0.25, -0.2) is 0 Å². The Morgan fingerprint density at radius 3 is 2.60 bits per heavy atom. The zero-order chi connectivity index (χ0) is 14.1. The zero-order valence-corrected chi connectivity index (χ0v) is 13.6. The predicted molar refractivity (Wildman–Crippen MR) is 90.1 cm³/mol. The van der Waals surface area contributed by atoms with Gasteiger partial charge in [0.25, 0.3) is 0 Å². The fourth-order valence-corrected chi connectivity index (χ4v) is 3.47. The molecule has 1 aliphatic carbocycles. The van der Waals surface area contributed by atoms with Gasteiger partial charge in [0.1, 0.15) is 0 Å². The van der Waals surface area contributed by atoms with Crippen molar-refractivity contribution in [2.75, 3.05) is 4.72 Å². The Morgan fingerprint density at radius 1 is 1.10 bits per heavy atom. The standard InChI is InChI=1S/C15H12INO2S/c16-11-2-5-13(6-3-11)20(19)17-12-4-7-14-10(9-12)1-8-15(14)18/h2-7,9,19H,1,8H2/p+1. The molecule has 1 unspecified atom stereocenters. The third kappa shape index (κ3) is 2.84.